The Balaban J connectivity index is 1.67. The number of halogens is 2. The molecule has 4 rings (SSSR count). The maximum atomic E-state index is 15.1. The average molecular weight is 511 g/mol. The van der Waals surface area contributed by atoms with E-state index in [4.69, 9.17) is 11.6 Å². The van der Waals surface area contributed by atoms with E-state index in [1.165, 1.54) is 22.8 Å². The minimum absolute atomic E-state index is 0.00205. The van der Waals surface area contributed by atoms with Crippen molar-refractivity contribution in [3.63, 3.8) is 0 Å². The average Bonchev–Trinajstić information content (AvgIpc) is 3.16. The number of sulfonamides is 1. The molecule has 3 heterocycles. The molecule has 12 heteroatoms. The number of aliphatic hydroxyl groups excluding tert-OH is 1. The number of hydrogen-bond acceptors (Lipinski definition) is 7. The van der Waals surface area contributed by atoms with Crippen molar-refractivity contribution in [2.75, 3.05) is 24.7 Å². The SMILES string of the molecule is CC(C)n1c([C@@H](C)O)nc2c(F)cc(-c3nc(NC4CCN(S(C)(=O)=O)CC4)ncc3Cl)cc21. The lowest BCUT2D eigenvalue weighted by Crippen LogP contribution is -2.42. The van der Waals surface area contributed by atoms with Gasteiger partial charge < -0.3 is 15.0 Å². The maximum Gasteiger partial charge on any atom is 0.223 e. The van der Waals surface area contributed by atoms with E-state index in [1.54, 1.807) is 17.6 Å². The van der Waals surface area contributed by atoms with E-state index in [9.17, 15) is 13.5 Å². The third-order valence-corrected chi connectivity index (χ3v) is 7.52. The first-order valence-electron chi connectivity index (χ1n) is 11.1. The summed E-state index contributed by atoms with van der Waals surface area (Å²) in [6.07, 6.45) is 3.04. The number of nitrogens with zero attached hydrogens (tertiary/aromatic N) is 5. The summed E-state index contributed by atoms with van der Waals surface area (Å²) in [7, 11) is -3.21. The van der Waals surface area contributed by atoms with Gasteiger partial charge in [-0.25, -0.2) is 32.1 Å². The summed E-state index contributed by atoms with van der Waals surface area (Å²) in [5, 5.41) is 13.6. The number of imidazole rings is 1. The topological polar surface area (TPSA) is 113 Å². The highest BCUT2D eigenvalue weighted by molar-refractivity contribution is 7.88. The van der Waals surface area contributed by atoms with Crippen LogP contribution in [0.4, 0.5) is 10.3 Å². The van der Waals surface area contributed by atoms with Crippen molar-refractivity contribution in [3.8, 4) is 11.3 Å². The zero-order chi connectivity index (χ0) is 24.8. The largest absolute Gasteiger partial charge is 0.385 e. The quantitative estimate of drug-likeness (QED) is 0.519. The maximum absolute atomic E-state index is 15.1. The van der Waals surface area contributed by atoms with Crippen molar-refractivity contribution in [2.45, 2.75) is 51.8 Å². The lowest BCUT2D eigenvalue weighted by molar-refractivity contribution is 0.182. The molecule has 0 bridgehead atoms. The lowest BCUT2D eigenvalue weighted by Gasteiger charge is -2.30. The number of rotatable bonds is 6. The Morgan fingerprint density at radius 1 is 1.21 bits per heavy atom. The molecule has 2 aromatic heterocycles. The summed E-state index contributed by atoms with van der Waals surface area (Å²) in [6.45, 7) is 6.31. The third-order valence-electron chi connectivity index (χ3n) is 5.94. The third kappa shape index (κ3) is 4.88. The highest BCUT2D eigenvalue weighted by Gasteiger charge is 2.26. The highest BCUT2D eigenvalue weighted by atomic mass is 35.5. The Labute approximate surface area is 203 Å². The molecule has 1 aliphatic heterocycles. The van der Waals surface area contributed by atoms with Gasteiger partial charge in [0.2, 0.25) is 16.0 Å². The summed E-state index contributed by atoms with van der Waals surface area (Å²) in [6, 6.07) is 3.04. The molecule has 9 nitrogen and oxygen atoms in total. The Morgan fingerprint density at radius 3 is 2.47 bits per heavy atom. The van der Waals surface area contributed by atoms with Gasteiger partial charge in [-0.3, -0.25) is 0 Å². The molecule has 0 saturated carbocycles. The second-order valence-corrected chi connectivity index (χ2v) is 11.3. The first-order chi connectivity index (χ1) is 16.0. The van der Waals surface area contributed by atoms with Crippen LogP contribution in [-0.4, -0.2) is 62.7 Å². The van der Waals surface area contributed by atoms with Crippen LogP contribution >= 0.6 is 11.6 Å². The van der Waals surface area contributed by atoms with E-state index in [0.717, 1.165) is 0 Å². The number of aromatic nitrogens is 4. The molecule has 34 heavy (non-hydrogen) atoms. The molecule has 1 saturated heterocycles. The van der Waals surface area contributed by atoms with Crippen molar-refractivity contribution >= 4 is 38.6 Å². The normalized spacial score (nSPS) is 16.9. The van der Waals surface area contributed by atoms with E-state index >= 15 is 4.39 Å². The number of anilines is 1. The molecule has 1 aromatic carbocycles. The standard InChI is InChI=1S/C22H28ClFN6O3S/c1-12(2)30-18-10-14(9-17(24)20(18)27-21(30)13(3)31)19-16(23)11-25-22(28-19)26-15-5-7-29(8-6-15)34(4,32)33/h9-13,15,31H,5-8H2,1-4H3,(H,25,26,28)/t13-/m1/s1. The highest BCUT2D eigenvalue weighted by Crippen LogP contribution is 2.33. The van der Waals surface area contributed by atoms with Crippen LogP contribution < -0.4 is 5.32 Å². The molecule has 1 atom stereocenters. The molecule has 2 N–H and O–H groups in total. The molecule has 0 amide bonds. The second-order valence-electron chi connectivity index (χ2n) is 8.91. The molecule has 0 spiro atoms. The Morgan fingerprint density at radius 2 is 1.88 bits per heavy atom. The van der Waals surface area contributed by atoms with Crippen LogP contribution in [0.25, 0.3) is 22.3 Å². The van der Waals surface area contributed by atoms with E-state index < -0.39 is 21.9 Å². The van der Waals surface area contributed by atoms with Crippen LogP contribution in [0.15, 0.2) is 18.3 Å². The molecular formula is C22H28ClFN6O3S. The molecule has 1 aliphatic rings. The van der Waals surface area contributed by atoms with Gasteiger partial charge in [-0.2, -0.15) is 0 Å². The predicted molar refractivity (Wildman–Crippen MR) is 130 cm³/mol. The first-order valence-corrected chi connectivity index (χ1v) is 13.3. The summed E-state index contributed by atoms with van der Waals surface area (Å²) in [5.74, 6) is 0.184. The van der Waals surface area contributed by atoms with Crippen LogP contribution in [0.1, 0.15) is 51.6 Å². The number of hydrogen-bond donors (Lipinski definition) is 2. The van der Waals surface area contributed by atoms with Crippen molar-refractivity contribution in [1.82, 2.24) is 23.8 Å². The predicted octanol–water partition coefficient (Wildman–Crippen LogP) is 3.76. The second kappa shape index (κ2) is 9.37. The van der Waals surface area contributed by atoms with E-state index in [-0.39, 0.29) is 22.6 Å². The van der Waals surface area contributed by atoms with Crippen molar-refractivity contribution in [1.29, 1.82) is 0 Å². The van der Waals surface area contributed by atoms with Crippen molar-refractivity contribution in [3.05, 3.63) is 35.0 Å². The van der Waals surface area contributed by atoms with Crippen molar-refractivity contribution in [2.24, 2.45) is 0 Å². The minimum Gasteiger partial charge on any atom is -0.385 e. The summed E-state index contributed by atoms with van der Waals surface area (Å²) in [4.78, 5) is 13.1. The smallest absolute Gasteiger partial charge is 0.223 e. The van der Waals surface area contributed by atoms with Crippen LogP contribution in [0.2, 0.25) is 5.02 Å². The van der Waals surface area contributed by atoms with Gasteiger partial charge in [-0.15, -0.1) is 0 Å². The van der Waals surface area contributed by atoms with Crippen LogP contribution in [0.3, 0.4) is 0 Å². The van der Waals surface area contributed by atoms with Gasteiger partial charge in [-0.1, -0.05) is 11.6 Å². The fourth-order valence-corrected chi connectivity index (χ4v) is 5.37. The van der Waals surface area contributed by atoms with E-state index in [1.807, 2.05) is 13.8 Å². The van der Waals surface area contributed by atoms with Gasteiger partial charge >= 0.3 is 0 Å². The zero-order valence-corrected chi connectivity index (χ0v) is 21.0. The number of piperidine rings is 1. The number of fused-ring (bicyclic) bond motifs is 1. The molecule has 0 unspecified atom stereocenters. The summed E-state index contributed by atoms with van der Waals surface area (Å²) >= 11 is 6.39. The number of aliphatic hydroxyl groups is 1. The van der Waals surface area contributed by atoms with E-state index in [2.05, 4.69) is 20.3 Å². The van der Waals surface area contributed by atoms with E-state index in [0.29, 0.717) is 54.5 Å². The van der Waals surface area contributed by atoms with Crippen LogP contribution in [0.5, 0.6) is 0 Å². The molecule has 1 fully saturated rings. The first kappa shape index (κ1) is 24.8. The monoisotopic (exact) mass is 510 g/mol. The number of benzene rings is 1. The Hall–Kier alpha value is -2.34. The van der Waals surface area contributed by atoms with Gasteiger partial charge in [0.25, 0.3) is 0 Å². The fraction of sp³-hybridized carbons (Fsp3) is 0.500. The van der Waals surface area contributed by atoms with Crippen LogP contribution in [0, 0.1) is 5.82 Å². The van der Waals surface area contributed by atoms with Gasteiger partial charge in [0.1, 0.15) is 17.4 Å². The number of nitrogens with one attached hydrogen (secondary N) is 1. The van der Waals surface area contributed by atoms with Crippen molar-refractivity contribution < 1.29 is 17.9 Å². The van der Waals surface area contributed by atoms with Gasteiger partial charge in [0, 0.05) is 30.7 Å². The minimum atomic E-state index is -3.21. The summed E-state index contributed by atoms with van der Waals surface area (Å²) in [5.41, 5.74) is 1.54. The molecule has 184 valence electrons. The molecular weight excluding hydrogens is 483 g/mol. The van der Waals surface area contributed by atoms with Crippen LogP contribution in [-0.2, 0) is 10.0 Å². The van der Waals surface area contributed by atoms with Gasteiger partial charge in [0.05, 0.1) is 28.7 Å². The summed E-state index contributed by atoms with van der Waals surface area (Å²) < 4.78 is 41.8. The molecule has 3 aromatic rings. The molecule has 0 radical (unpaired) electrons. The zero-order valence-electron chi connectivity index (χ0n) is 19.5. The lowest BCUT2D eigenvalue weighted by atomic mass is 10.1. The Bertz CT molecular complexity index is 1320. The fourth-order valence-electron chi connectivity index (χ4n) is 4.30. The molecule has 0 aliphatic carbocycles. The Kier molecular flexibility index (Phi) is 6.83. The van der Waals surface area contributed by atoms with Gasteiger partial charge in [-0.05, 0) is 45.7 Å². The van der Waals surface area contributed by atoms with Gasteiger partial charge in [0.15, 0.2) is 5.82 Å².